The Hall–Kier alpha value is -1.83. The SMILES string of the molecule is COc1cc(OC)c(NC(=O)N2CCCC(C(F)(F)F)C2)cc1Cl. The van der Waals surface area contributed by atoms with Gasteiger partial charge in [-0.15, -0.1) is 0 Å². The number of piperidine rings is 1. The number of carbonyl (C=O) groups excluding carboxylic acids is 1. The summed E-state index contributed by atoms with van der Waals surface area (Å²) in [6.45, 7) is -0.0911. The molecule has 1 aromatic carbocycles. The summed E-state index contributed by atoms with van der Waals surface area (Å²) in [5, 5.41) is 2.80. The minimum atomic E-state index is -4.31. The lowest BCUT2D eigenvalue weighted by Crippen LogP contribution is -2.46. The number of hydrogen-bond acceptors (Lipinski definition) is 3. The van der Waals surface area contributed by atoms with Gasteiger partial charge in [0.05, 0.1) is 30.8 Å². The van der Waals surface area contributed by atoms with Crippen molar-refractivity contribution in [2.75, 3.05) is 32.6 Å². The van der Waals surface area contributed by atoms with Crippen LogP contribution in [0.3, 0.4) is 0 Å². The van der Waals surface area contributed by atoms with Crippen molar-refractivity contribution < 1.29 is 27.4 Å². The highest BCUT2D eigenvalue weighted by Crippen LogP contribution is 2.37. The molecule has 1 aliphatic rings. The number of nitrogens with one attached hydrogen (secondary N) is 1. The molecule has 0 aromatic heterocycles. The summed E-state index contributed by atoms with van der Waals surface area (Å²) >= 11 is 6.02. The lowest BCUT2D eigenvalue weighted by Gasteiger charge is -2.33. The molecular formula is C15H18ClF3N2O3. The van der Waals surface area contributed by atoms with Crippen molar-refractivity contribution in [2.24, 2.45) is 5.92 Å². The first-order valence-electron chi connectivity index (χ1n) is 7.30. The summed E-state index contributed by atoms with van der Waals surface area (Å²) < 4.78 is 48.8. The van der Waals surface area contributed by atoms with Crippen molar-refractivity contribution in [3.8, 4) is 11.5 Å². The van der Waals surface area contributed by atoms with Crippen molar-refractivity contribution in [1.82, 2.24) is 4.90 Å². The van der Waals surface area contributed by atoms with E-state index in [1.165, 1.54) is 26.4 Å². The van der Waals surface area contributed by atoms with Crippen LogP contribution in [0.5, 0.6) is 11.5 Å². The summed E-state index contributed by atoms with van der Waals surface area (Å²) in [6.07, 6.45) is -3.97. The van der Waals surface area contributed by atoms with E-state index in [-0.39, 0.29) is 30.2 Å². The first-order chi connectivity index (χ1) is 11.3. The van der Waals surface area contributed by atoms with Gasteiger partial charge in [0.15, 0.2) is 0 Å². The Morgan fingerprint density at radius 2 is 1.96 bits per heavy atom. The van der Waals surface area contributed by atoms with E-state index in [0.29, 0.717) is 17.9 Å². The third kappa shape index (κ3) is 4.17. The summed E-state index contributed by atoms with van der Waals surface area (Å²) in [7, 11) is 2.84. The van der Waals surface area contributed by atoms with Gasteiger partial charge in [-0.05, 0) is 18.9 Å². The minimum absolute atomic E-state index is 0.0327. The number of nitrogens with zero attached hydrogens (tertiary/aromatic N) is 1. The molecule has 1 fully saturated rings. The highest BCUT2D eigenvalue weighted by Gasteiger charge is 2.42. The molecule has 1 unspecified atom stereocenters. The van der Waals surface area contributed by atoms with Crippen LogP contribution in [0.1, 0.15) is 12.8 Å². The zero-order chi connectivity index (χ0) is 17.9. The maximum absolute atomic E-state index is 12.9. The summed E-state index contributed by atoms with van der Waals surface area (Å²) in [5.74, 6) is -0.839. The Morgan fingerprint density at radius 3 is 2.54 bits per heavy atom. The number of amides is 2. The Labute approximate surface area is 142 Å². The minimum Gasteiger partial charge on any atom is -0.495 e. The molecule has 9 heteroatoms. The molecule has 1 saturated heterocycles. The predicted molar refractivity (Wildman–Crippen MR) is 83.9 cm³/mol. The molecule has 2 amide bonds. The number of halogens is 4. The number of rotatable bonds is 3. The lowest BCUT2D eigenvalue weighted by atomic mass is 9.98. The van der Waals surface area contributed by atoms with E-state index >= 15 is 0 Å². The second kappa shape index (κ2) is 7.38. The van der Waals surface area contributed by atoms with Gasteiger partial charge in [-0.3, -0.25) is 0 Å². The van der Waals surface area contributed by atoms with Crippen LogP contribution in [-0.2, 0) is 0 Å². The number of ether oxygens (including phenoxy) is 2. The van der Waals surface area contributed by atoms with Gasteiger partial charge in [0.2, 0.25) is 0 Å². The number of anilines is 1. The Kier molecular flexibility index (Phi) is 5.69. The summed E-state index contributed by atoms with van der Waals surface area (Å²) in [4.78, 5) is 13.4. The molecule has 1 aliphatic heterocycles. The predicted octanol–water partition coefficient (Wildman–Crippen LogP) is 4.16. The third-order valence-corrected chi connectivity index (χ3v) is 4.18. The topological polar surface area (TPSA) is 50.8 Å². The fourth-order valence-electron chi connectivity index (χ4n) is 2.58. The number of likely N-dealkylation sites (tertiary alicyclic amines) is 1. The number of alkyl halides is 3. The highest BCUT2D eigenvalue weighted by molar-refractivity contribution is 6.32. The summed E-state index contributed by atoms with van der Waals surface area (Å²) in [6, 6.07) is 2.30. The van der Waals surface area contributed by atoms with E-state index < -0.39 is 18.1 Å². The van der Waals surface area contributed by atoms with Gasteiger partial charge < -0.3 is 19.7 Å². The van der Waals surface area contributed by atoms with Crippen LogP contribution in [0.2, 0.25) is 5.02 Å². The molecule has 0 radical (unpaired) electrons. The zero-order valence-corrected chi connectivity index (χ0v) is 14.0. The van der Waals surface area contributed by atoms with E-state index in [1.54, 1.807) is 0 Å². The normalized spacial score (nSPS) is 18.2. The molecule has 134 valence electrons. The van der Waals surface area contributed by atoms with Crippen LogP contribution in [0.15, 0.2) is 12.1 Å². The van der Waals surface area contributed by atoms with E-state index in [0.717, 1.165) is 4.90 Å². The fraction of sp³-hybridized carbons (Fsp3) is 0.533. The molecule has 0 bridgehead atoms. The van der Waals surface area contributed by atoms with Crippen molar-refractivity contribution in [3.63, 3.8) is 0 Å². The average molecular weight is 367 g/mol. The molecule has 1 atom stereocenters. The van der Waals surface area contributed by atoms with Crippen molar-refractivity contribution in [1.29, 1.82) is 0 Å². The monoisotopic (exact) mass is 366 g/mol. The molecule has 5 nitrogen and oxygen atoms in total. The van der Waals surface area contributed by atoms with Crippen LogP contribution >= 0.6 is 11.6 Å². The molecule has 24 heavy (non-hydrogen) atoms. The van der Waals surface area contributed by atoms with E-state index in [9.17, 15) is 18.0 Å². The van der Waals surface area contributed by atoms with Gasteiger partial charge in [0, 0.05) is 19.2 Å². The molecule has 1 N–H and O–H groups in total. The van der Waals surface area contributed by atoms with Crippen LogP contribution in [0.25, 0.3) is 0 Å². The van der Waals surface area contributed by atoms with E-state index in [1.807, 2.05) is 0 Å². The number of benzene rings is 1. The maximum Gasteiger partial charge on any atom is 0.393 e. The van der Waals surface area contributed by atoms with Gasteiger partial charge in [0.1, 0.15) is 11.5 Å². The molecule has 0 aliphatic carbocycles. The van der Waals surface area contributed by atoms with Gasteiger partial charge in [0.25, 0.3) is 0 Å². The average Bonchev–Trinajstić information content (AvgIpc) is 2.54. The number of carbonyl (C=O) groups is 1. The molecule has 0 saturated carbocycles. The quantitative estimate of drug-likeness (QED) is 0.873. The van der Waals surface area contributed by atoms with Crippen molar-refractivity contribution in [2.45, 2.75) is 19.0 Å². The van der Waals surface area contributed by atoms with Crippen LogP contribution < -0.4 is 14.8 Å². The molecular weight excluding hydrogens is 349 g/mol. The molecule has 1 aromatic rings. The van der Waals surface area contributed by atoms with Crippen molar-refractivity contribution >= 4 is 23.3 Å². The van der Waals surface area contributed by atoms with Crippen LogP contribution in [0, 0.1) is 5.92 Å². The highest BCUT2D eigenvalue weighted by atomic mass is 35.5. The van der Waals surface area contributed by atoms with Crippen LogP contribution in [0.4, 0.5) is 23.7 Å². The van der Waals surface area contributed by atoms with E-state index in [4.69, 9.17) is 21.1 Å². The first-order valence-corrected chi connectivity index (χ1v) is 7.68. The zero-order valence-electron chi connectivity index (χ0n) is 13.2. The van der Waals surface area contributed by atoms with E-state index in [2.05, 4.69) is 5.32 Å². The van der Waals surface area contributed by atoms with Crippen LogP contribution in [-0.4, -0.2) is 44.4 Å². The van der Waals surface area contributed by atoms with Gasteiger partial charge in [-0.2, -0.15) is 13.2 Å². The Balaban J connectivity index is 2.13. The lowest BCUT2D eigenvalue weighted by molar-refractivity contribution is -0.183. The second-order valence-electron chi connectivity index (χ2n) is 5.44. The van der Waals surface area contributed by atoms with Crippen molar-refractivity contribution in [3.05, 3.63) is 17.2 Å². The first kappa shape index (κ1) is 18.5. The summed E-state index contributed by atoms with van der Waals surface area (Å²) in [5.41, 5.74) is 0.266. The largest absolute Gasteiger partial charge is 0.495 e. The molecule has 0 spiro atoms. The molecule has 1 heterocycles. The van der Waals surface area contributed by atoms with Gasteiger partial charge in [-0.25, -0.2) is 4.79 Å². The number of hydrogen-bond donors (Lipinski definition) is 1. The third-order valence-electron chi connectivity index (χ3n) is 3.89. The smallest absolute Gasteiger partial charge is 0.393 e. The number of urea groups is 1. The standard InChI is InChI=1S/C15H18ClF3N2O3/c1-23-12-7-13(24-2)11(6-10(12)16)20-14(22)21-5-3-4-9(8-21)15(17,18)19/h6-7,9H,3-5,8H2,1-2H3,(H,20,22). The number of methoxy groups -OCH3 is 2. The Morgan fingerprint density at radius 1 is 1.29 bits per heavy atom. The molecule has 2 rings (SSSR count). The fourth-order valence-corrected chi connectivity index (χ4v) is 2.82. The maximum atomic E-state index is 12.9. The van der Waals surface area contributed by atoms with Gasteiger partial charge in [-0.1, -0.05) is 11.6 Å². The Bertz CT molecular complexity index is 610. The van der Waals surface area contributed by atoms with Gasteiger partial charge >= 0.3 is 12.2 Å². The second-order valence-corrected chi connectivity index (χ2v) is 5.85.